The van der Waals surface area contributed by atoms with Crippen LogP contribution in [0.15, 0.2) is 60.8 Å². The number of carbonyl (C=O) groups excluding carboxylic acids is 1. The van der Waals surface area contributed by atoms with E-state index in [9.17, 15) is 18.0 Å². The quantitative estimate of drug-likeness (QED) is 0.512. The van der Waals surface area contributed by atoms with Crippen LogP contribution in [0.25, 0.3) is 11.1 Å². The molecule has 3 aromatic rings. The largest absolute Gasteiger partial charge is 0.416 e. The number of rotatable bonds is 3. The zero-order valence-electron chi connectivity index (χ0n) is 13.5. The van der Waals surface area contributed by atoms with Gasteiger partial charge < -0.3 is 5.32 Å². The Bertz CT molecular complexity index is 972. The summed E-state index contributed by atoms with van der Waals surface area (Å²) in [6.07, 6.45) is -3.23. The minimum absolute atomic E-state index is 0.219. The molecule has 0 spiro atoms. The van der Waals surface area contributed by atoms with Crippen LogP contribution >= 0.6 is 23.2 Å². The Morgan fingerprint density at radius 3 is 2.26 bits per heavy atom. The molecule has 0 bridgehead atoms. The van der Waals surface area contributed by atoms with Gasteiger partial charge in [-0.2, -0.15) is 13.2 Å². The highest BCUT2D eigenvalue weighted by molar-refractivity contribution is 6.30. The number of anilines is 1. The number of hydrogen-bond donors (Lipinski definition) is 1. The van der Waals surface area contributed by atoms with E-state index < -0.39 is 17.6 Å². The molecule has 1 heterocycles. The maximum atomic E-state index is 13.1. The molecule has 138 valence electrons. The molecule has 0 aliphatic heterocycles. The number of amides is 1. The number of carbonyl (C=O) groups is 1. The van der Waals surface area contributed by atoms with Crippen molar-refractivity contribution in [1.82, 2.24) is 4.98 Å². The summed E-state index contributed by atoms with van der Waals surface area (Å²) >= 11 is 11.5. The van der Waals surface area contributed by atoms with E-state index in [1.165, 1.54) is 24.4 Å². The van der Waals surface area contributed by atoms with Crippen molar-refractivity contribution in [3.8, 4) is 11.1 Å². The van der Waals surface area contributed by atoms with Crippen LogP contribution in [0.4, 0.5) is 18.9 Å². The van der Waals surface area contributed by atoms with Crippen LogP contribution in [-0.4, -0.2) is 10.9 Å². The monoisotopic (exact) mass is 410 g/mol. The Morgan fingerprint density at radius 1 is 0.963 bits per heavy atom. The molecule has 0 saturated heterocycles. The molecule has 0 saturated carbocycles. The first-order valence-electron chi connectivity index (χ1n) is 7.64. The molecule has 3 rings (SSSR count). The van der Waals surface area contributed by atoms with Crippen molar-refractivity contribution < 1.29 is 18.0 Å². The molecular formula is C19H11Cl2F3N2O. The molecule has 3 nitrogen and oxygen atoms in total. The number of hydrogen-bond acceptors (Lipinski definition) is 2. The normalized spacial score (nSPS) is 11.3. The standard InChI is InChI=1S/C19H11Cl2F3N2O/c20-14-5-1-11(2-6-14)15-9-13(19(22,23)24)4-7-16(15)26-18(27)12-3-8-17(21)25-10-12/h1-10H,(H,26,27). The molecule has 0 atom stereocenters. The first-order valence-corrected chi connectivity index (χ1v) is 8.40. The molecule has 0 unspecified atom stereocenters. The predicted molar refractivity (Wildman–Crippen MR) is 99.1 cm³/mol. The summed E-state index contributed by atoms with van der Waals surface area (Å²) in [6.45, 7) is 0. The summed E-state index contributed by atoms with van der Waals surface area (Å²) in [4.78, 5) is 16.2. The van der Waals surface area contributed by atoms with Gasteiger partial charge in [0.25, 0.3) is 5.91 Å². The van der Waals surface area contributed by atoms with Gasteiger partial charge in [-0.1, -0.05) is 35.3 Å². The molecular weight excluding hydrogens is 400 g/mol. The van der Waals surface area contributed by atoms with E-state index >= 15 is 0 Å². The van der Waals surface area contributed by atoms with E-state index in [-0.39, 0.29) is 22.0 Å². The van der Waals surface area contributed by atoms with Crippen LogP contribution < -0.4 is 5.32 Å². The fourth-order valence-corrected chi connectivity index (χ4v) is 2.64. The fraction of sp³-hybridized carbons (Fsp3) is 0.0526. The molecule has 1 amide bonds. The first-order chi connectivity index (χ1) is 12.7. The van der Waals surface area contributed by atoms with E-state index in [1.807, 2.05) is 0 Å². The van der Waals surface area contributed by atoms with Gasteiger partial charge in [-0.3, -0.25) is 4.79 Å². The molecule has 0 aliphatic rings. The lowest BCUT2D eigenvalue weighted by Gasteiger charge is -2.15. The second-order valence-electron chi connectivity index (χ2n) is 5.59. The lowest BCUT2D eigenvalue weighted by molar-refractivity contribution is -0.137. The van der Waals surface area contributed by atoms with Gasteiger partial charge in [0, 0.05) is 22.5 Å². The predicted octanol–water partition coefficient (Wildman–Crippen LogP) is 6.33. The molecule has 0 radical (unpaired) electrons. The molecule has 0 aliphatic carbocycles. The number of halogens is 5. The topological polar surface area (TPSA) is 42.0 Å². The summed E-state index contributed by atoms with van der Waals surface area (Å²) in [5.41, 5.74) is 0.331. The van der Waals surface area contributed by atoms with Crippen LogP contribution in [0, 0.1) is 0 Å². The van der Waals surface area contributed by atoms with Gasteiger partial charge in [-0.15, -0.1) is 0 Å². The number of nitrogens with zero attached hydrogens (tertiary/aromatic N) is 1. The first kappa shape index (κ1) is 19.2. The highest BCUT2D eigenvalue weighted by Gasteiger charge is 2.31. The van der Waals surface area contributed by atoms with Crippen molar-refractivity contribution in [1.29, 1.82) is 0 Å². The van der Waals surface area contributed by atoms with Crippen molar-refractivity contribution >= 4 is 34.8 Å². The highest BCUT2D eigenvalue weighted by Crippen LogP contribution is 2.36. The number of alkyl halides is 3. The van der Waals surface area contributed by atoms with Crippen LogP contribution in [-0.2, 0) is 6.18 Å². The lowest BCUT2D eigenvalue weighted by atomic mass is 10.0. The van der Waals surface area contributed by atoms with Crippen LogP contribution in [0.5, 0.6) is 0 Å². The molecule has 27 heavy (non-hydrogen) atoms. The van der Waals surface area contributed by atoms with Gasteiger partial charge in [0.05, 0.1) is 11.1 Å². The number of benzene rings is 2. The minimum Gasteiger partial charge on any atom is -0.321 e. The fourth-order valence-electron chi connectivity index (χ4n) is 2.40. The maximum Gasteiger partial charge on any atom is 0.416 e. The van der Waals surface area contributed by atoms with E-state index in [0.717, 1.165) is 12.1 Å². The molecule has 0 fully saturated rings. The van der Waals surface area contributed by atoms with E-state index in [1.54, 1.807) is 24.3 Å². The Kier molecular flexibility index (Phi) is 5.39. The summed E-state index contributed by atoms with van der Waals surface area (Å²) in [7, 11) is 0. The average Bonchev–Trinajstić information content (AvgIpc) is 2.62. The van der Waals surface area contributed by atoms with Crippen LogP contribution in [0.1, 0.15) is 15.9 Å². The van der Waals surface area contributed by atoms with E-state index in [4.69, 9.17) is 23.2 Å². The van der Waals surface area contributed by atoms with Crippen LogP contribution in [0.2, 0.25) is 10.2 Å². The minimum atomic E-state index is -4.51. The van der Waals surface area contributed by atoms with Crippen molar-refractivity contribution in [2.45, 2.75) is 6.18 Å². The van der Waals surface area contributed by atoms with Crippen molar-refractivity contribution in [2.75, 3.05) is 5.32 Å². The molecule has 1 N–H and O–H groups in total. The van der Waals surface area contributed by atoms with Crippen LogP contribution in [0.3, 0.4) is 0 Å². The van der Waals surface area contributed by atoms with Gasteiger partial charge in [0.2, 0.25) is 0 Å². The third-order valence-corrected chi connectivity index (χ3v) is 4.22. The van der Waals surface area contributed by atoms with Crippen molar-refractivity contribution in [3.63, 3.8) is 0 Å². The maximum absolute atomic E-state index is 13.1. The summed E-state index contributed by atoms with van der Waals surface area (Å²) < 4.78 is 39.3. The van der Waals surface area contributed by atoms with E-state index in [0.29, 0.717) is 10.6 Å². The van der Waals surface area contributed by atoms with Crippen molar-refractivity contribution in [3.05, 3.63) is 82.1 Å². The second kappa shape index (κ2) is 7.58. The number of aromatic nitrogens is 1. The Morgan fingerprint density at radius 2 is 1.67 bits per heavy atom. The lowest BCUT2D eigenvalue weighted by Crippen LogP contribution is -2.14. The summed E-state index contributed by atoms with van der Waals surface area (Å²) in [5.74, 6) is -0.519. The Labute approximate surface area is 162 Å². The van der Waals surface area contributed by atoms with Gasteiger partial charge in [-0.05, 0) is 48.0 Å². The zero-order chi connectivity index (χ0) is 19.6. The SMILES string of the molecule is O=C(Nc1ccc(C(F)(F)F)cc1-c1ccc(Cl)cc1)c1ccc(Cl)nc1. The third kappa shape index (κ3) is 4.59. The average molecular weight is 411 g/mol. The molecule has 2 aromatic carbocycles. The molecule has 8 heteroatoms. The van der Waals surface area contributed by atoms with E-state index in [2.05, 4.69) is 10.3 Å². The second-order valence-corrected chi connectivity index (χ2v) is 6.41. The highest BCUT2D eigenvalue weighted by atomic mass is 35.5. The van der Waals surface area contributed by atoms with Gasteiger partial charge in [-0.25, -0.2) is 4.98 Å². The Balaban J connectivity index is 2.02. The molecule has 1 aromatic heterocycles. The summed E-state index contributed by atoms with van der Waals surface area (Å²) in [5, 5.41) is 3.29. The van der Waals surface area contributed by atoms with Gasteiger partial charge in [0.1, 0.15) is 5.15 Å². The zero-order valence-corrected chi connectivity index (χ0v) is 15.0. The van der Waals surface area contributed by atoms with Gasteiger partial charge in [0.15, 0.2) is 0 Å². The smallest absolute Gasteiger partial charge is 0.321 e. The third-order valence-electron chi connectivity index (χ3n) is 3.74. The van der Waals surface area contributed by atoms with Crippen molar-refractivity contribution in [2.24, 2.45) is 0 Å². The Hall–Kier alpha value is -2.57. The summed E-state index contributed by atoms with van der Waals surface area (Å²) in [6, 6.07) is 12.3. The van der Waals surface area contributed by atoms with Gasteiger partial charge >= 0.3 is 6.18 Å². The number of pyridine rings is 1. The number of nitrogens with one attached hydrogen (secondary N) is 1.